The van der Waals surface area contributed by atoms with Gasteiger partial charge in [-0.3, -0.25) is 0 Å². The van der Waals surface area contributed by atoms with Crippen LogP contribution in [0.3, 0.4) is 0 Å². The van der Waals surface area contributed by atoms with Crippen LogP contribution < -0.4 is 0 Å². The molecular formula is C13H14N2. The Bertz CT molecular complexity index is 386. The smallest absolute Gasteiger partial charge is 0.0856 e. The van der Waals surface area contributed by atoms with Crippen molar-refractivity contribution in [3.63, 3.8) is 0 Å². The number of hydrogen-bond acceptors (Lipinski definition) is 2. The molecule has 1 aromatic carbocycles. The van der Waals surface area contributed by atoms with E-state index in [4.69, 9.17) is 0 Å². The number of benzene rings is 1. The predicted octanol–water partition coefficient (Wildman–Crippen LogP) is 4.42. The van der Waals surface area contributed by atoms with Gasteiger partial charge in [-0.1, -0.05) is 43.0 Å². The van der Waals surface area contributed by atoms with Crippen molar-refractivity contribution in [1.29, 1.82) is 0 Å². The SMILES string of the molecule is C=C\C=C/C=C(C)/N=N/c1ccccc1. The normalized spacial score (nSPS) is 12.5. The molecule has 0 aliphatic rings. The highest BCUT2D eigenvalue weighted by molar-refractivity contribution is 5.35. The van der Waals surface area contributed by atoms with Crippen LogP contribution in [-0.2, 0) is 0 Å². The summed E-state index contributed by atoms with van der Waals surface area (Å²) in [7, 11) is 0. The van der Waals surface area contributed by atoms with E-state index in [-0.39, 0.29) is 0 Å². The van der Waals surface area contributed by atoms with Gasteiger partial charge in [-0.2, -0.15) is 10.2 Å². The van der Waals surface area contributed by atoms with Crippen LogP contribution in [0.4, 0.5) is 5.69 Å². The third-order valence-corrected chi connectivity index (χ3v) is 1.66. The van der Waals surface area contributed by atoms with Crippen LogP contribution in [0, 0.1) is 0 Å². The molecule has 0 aromatic heterocycles. The lowest BCUT2D eigenvalue weighted by Crippen LogP contribution is -1.66. The van der Waals surface area contributed by atoms with Crippen LogP contribution in [0.1, 0.15) is 6.92 Å². The average molecular weight is 198 g/mol. The molecule has 0 saturated heterocycles. The molecule has 0 saturated carbocycles. The Morgan fingerprint density at radius 2 is 1.93 bits per heavy atom. The molecule has 0 fully saturated rings. The molecule has 1 aromatic rings. The maximum absolute atomic E-state index is 4.08. The van der Waals surface area contributed by atoms with Gasteiger partial charge in [0, 0.05) is 0 Å². The third-order valence-electron chi connectivity index (χ3n) is 1.66. The Kier molecular flexibility index (Phi) is 4.81. The zero-order valence-corrected chi connectivity index (χ0v) is 8.80. The second-order valence-electron chi connectivity index (χ2n) is 2.96. The van der Waals surface area contributed by atoms with E-state index >= 15 is 0 Å². The number of nitrogens with zero attached hydrogens (tertiary/aromatic N) is 2. The van der Waals surface area contributed by atoms with Crippen molar-refractivity contribution < 1.29 is 0 Å². The summed E-state index contributed by atoms with van der Waals surface area (Å²) in [4.78, 5) is 0. The second kappa shape index (κ2) is 6.49. The van der Waals surface area contributed by atoms with Crippen molar-refractivity contribution >= 4 is 5.69 Å². The fourth-order valence-electron chi connectivity index (χ4n) is 0.938. The van der Waals surface area contributed by atoms with Crippen LogP contribution in [-0.4, -0.2) is 0 Å². The summed E-state index contributed by atoms with van der Waals surface area (Å²) in [6, 6.07) is 9.65. The zero-order chi connectivity index (χ0) is 10.9. The molecule has 2 nitrogen and oxygen atoms in total. The lowest BCUT2D eigenvalue weighted by atomic mass is 10.3. The van der Waals surface area contributed by atoms with E-state index < -0.39 is 0 Å². The summed E-state index contributed by atoms with van der Waals surface area (Å²) in [5.41, 5.74) is 1.72. The van der Waals surface area contributed by atoms with Crippen LogP contribution in [0.25, 0.3) is 0 Å². The molecule has 1 rings (SSSR count). The first-order valence-electron chi connectivity index (χ1n) is 4.75. The topological polar surface area (TPSA) is 24.7 Å². The fourth-order valence-corrected chi connectivity index (χ4v) is 0.938. The summed E-state index contributed by atoms with van der Waals surface area (Å²) in [6.45, 7) is 5.48. The van der Waals surface area contributed by atoms with Crippen molar-refractivity contribution in [2.45, 2.75) is 6.92 Å². The molecule has 0 amide bonds. The Morgan fingerprint density at radius 1 is 1.20 bits per heavy atom. The van der Waals surface area contributed by atoms with Gasteiger partial charge in [0.15, 0.2) is 0 Å². The van der Waals surface area contributed by atoms with E-state index in [1.54, 1.807) is 6.08 Å². The summed E-state index contributed by atoms with van der Waals surface area (Å²) in [6.07, 6.45) is 7.33. The number of allylic oxidation sites excluding steroid dienone is 5. The summed E-state index contributed by atoms with van der Waals surface area (Å²) >= 11 is 0. The Morgan fingerprint density at radius 3 is 2.60 bits per heavy atom. The highest BCUT2D eigenvalue weighted by Gasteiger charge is 1.85. The van der Waals surface area contributed by atoms with Gasteiger partial charge in [-0.15, -0.1) is 0 Å². The molecular weight excluding hydrogens is 184 g/mol. The molecule has 0 spiro atoms. The van der Waals surface area contributed by atoms with Gasteiger partial charge in [0.2, 0.25) is 0 Å². The molecule has 76 valence electrons. The lowest BCUT2D eigenvalue weighted by Gasteiger charge is -1.90. The molecule has 0 bridgehead atoms. The molecule has 0 radical (unpaired) electrons. The number of hydrogen-bond donors (Lipinski definition) is 0. The molecule has 0 unspecified atom stereocenters. The highest BCUT2D eigenvalue weighted by atomic mass is 15.1. The van der Waals surface area contributed by atoms with Gasteiger partial charge in [0.05, 0.1) is 11.4 Å². The van der Waals surface area contributed by atoms with E-state index in [0.717, 1.165) is 11.4 Å². The highest BCUT2D eigenvalue weighted by Crippen LogP contribution is 2.11. The van der Waals surface area contributed by atoms with E-state index in [0.29, 0.717) is 0 Å². The molecule has 0 N–H and O–H groups in total. The van der Waals surface area contributed by atoms with Crippen LogP contribution >= 0.6 is 0 Å². The molecule has 2 heteroatoms. The fraction of sp³-hybridized carbons (Fsp3) is 0.0769. The first-order chi connectivity index (χ1) is 7.33. The van der Waals surface area contributed by atoms with Gasteiger partial charge in [-0.05, 0) is 25.1 Å². The van der Waals surface area contributed by atoms with Gasteiger partial charge < -0.3 is 0 Å². The Labute approximate surface area is 90.4 Å². The van der Waals surface area contributed by atoms with Crippen molar-refractivity contribution in [3.05, 3.63) is 66.9 Å². The van der Waals surface area contributed by atoms with E-state index in [2.05, 4.69) is 16.8 Å². The summed E-state index contributed by atoms with van der Waals surface area (Å²) in [5.74, 6) is 0. The van der Waals surface area contributed by atoms with Crippen LogP contribution in [0.5, 0.6) is 0 Å². The monoisotopic (exact) mass is 198 g/mol. The van der Waals surface area contributed by atoms with Crippen molar-refractivity contribution in [2.75, 3.05) is 0 Å². The standard InChI is InChI=1S/C13H14N2/c1-3-4-6-9-12(2)14-15-13-10-7-5-8-11-13/h3-11H,1H2,2H3/b6-4-,12-9+,15-14+. The third kappa shape index (κ3) is 4.72. The predicted molar refractivity (Wildman–Crippen MR) is 64.1 cm³/mol. The van der Waals surface area contributed by atoms with Crippen molar-refractivity contribution in [2.24, 2.45) is 10.2 Å². The minimum Gasteiger partial charge on any atom is -0.155 e. The molecule has 0 aliphatic carbocycles. The summed E-state index contributed by atoms with van der Waals surface area (Å²) < 4.78 is 0. The van der Waals surface area contributed by atoms with Gasteiger partial charge in [-0.25, -0.2) is 0 Å². The van der Waals surface area contributed by atoms with E-state index in [1.807, 2.05) is 55.5 Å². The number of rotatable bonds is 4. The van der Waals surface area contributed by atoms with Crippen molar-refractivity contribution in [1.82, 2.24) is 0 Å². The summed E-state index contributed by atoms with van der Waals surface area (Å²) in [5, 5.41) is 8.15. The average Bonchev–Trinajstić information content (AvgIpc) is 2.28. The first-order valence-corrected chi connectivity index (χ1v) is 4.75. The van der Waals surface area contributed by atoms with Crippen LogP contribution in [0.15, 0.2) is 77.1 Å². The second-order valence-corrected chi connectivity index (χ2v) is 2.96. The molecule has 0 heterocycles. The number of azo groups is 1. The quantitative estimate of drug-likeness (QED) is 0.505. The minimum atomic E-state index is 0.858. The van der Waals surface area contributed by atoms with Crippen LogP contribution in [0.2, 0.25) is 0 Å². The zero-order valence-electron chi connectivity index (χ0n) is 8.80. The lowest BCUT2D eigenvalue weighted by molar-refractivity contribution is 1.13. The molecule has 0 atom stereocenters. The Balaban J connectivity index is 2.62. The van der Waals surface area contributed by atoms with Crippen molar-refractivity contribution in [3.8, 4) is 0 Å². The van der Waals surface area contributed by atoms with E-state index in [1.165, 1.54) is 0 Å². The van der Waals surface area contributed by atoms with Gasteiger partial charge >= 0.3 is 0 Å². The molecule has 15 heavy (non-hydrogen) atoms. The van der Waals surface area contributed by atoms with E-state index in [9.17, 15) is 0 Å². The largest absolute Gasteiger partial charge is 0.155 e. The first kappa shape index (κ1) is 11.1. The van der Waals surface area contributed by atoms with Gasteiger partial charge in [0.1, 0.15) is 0 Å². The minimum absolute atomic E-state index is 0.858. The Hall–Kier alpha value is -1.96. The van der Waals surface area contributed by atoms with Gasteiger partial charge in [0.25, 0.3) is 0 Å². The maximum atomic E-state index is 4.08. The molecule has 0 aliphatic heterocycles. The maximum Gasteiger partial charge on any atom is 0.0856 e.